The molecule has 0 saturated heterocycles. The number of nitrogens with one attached hydrogen (secondary N) is 2. The summed E-state index contributed by atoms with van der Waals surface area (Å²) in [6, 6.07) is 14.6. The predicted molar refractivity (Wildman–Crippen MR) is 107 cm³/mol. The predicted octanol–water partition coefficient (Wildman–Crippen LogP) is 2.50. The molecule has 0 aliphatic heterocycles. The van der Waals surface area contributed by atoms with E-state index in [0.717, 1.165) is 22.8 Å². The van der Waals surface area contributed by atoms with Gasteiger partial charge in [-0.25, -0.2) is 0 Å². The van der Waals surface area contributed by atoms with Gasteiger partial charge in [-0.1, -0.05) is 12.7 Å². The van der Waals surface area contributed by atoms with E-state index >= 15 is 0 Å². The molecule has 2 rings (SSSR count). The van der Waals surface area contributed by atoms with Gasteiger partial charge in [0.15, 0.2) is 11.8 Å². The first-order valence-electron chi connectivity index (χ1n) is 8.97. The Morgan fingerprint density at radius 3 is 2.33 bits per heavy atom. The van der Waals surface area contributed by atoms with Gasteiger partial charge in [-0.2, -0.15) is 0 Å². The van der Waals surface area contributed by atoms with E-state index < -0.39 is 0 Å². The first kappa shape index (κ1) is 20.4. The Morgan fingerprint density at radius 2 is 1.78 bits per heavy atom. The van der Waals surface area contributed by atoms with Gasteiger partial charge in [0.25, 0.3) is 5.91 Å². The molecule has 27 heavy (non-hydrogen) atoms. The Labute approximate surface area is 160 Å². The van der Waals surface area contributed by atoms with Crippen LogP contribution in [0.3, 0.4) is 0 Å². The molecule has 0 fully saturated rings. The third kappa shape index (κ3) is 6.08. The van der Waals surface area contributed by atoms with Crippen LogP contribution in [0.5, 0.6) is 5.75 Å². The van der Waals surface area contributed by atoms with Crippen LogP contribution in [0.2, 0.25) is 0 Å². The number of anilines is 1. The molecule has 0 spiro atoms. The average Bonchev–Trinajstić information content (AvgIpc) is 2.67. The fourth-order valence-corrected chi connectivity index (χ4v) is 2.60. The van der Waals surface area contributed by atoms with Crippen molar-refractivity contribution in [2.75, 3.05) is 19.0 Å². The number of carbonyl (C=O) groups excluding carboxylic acids is 2. The van der Waals surface area contributed by atoms with Crippen molar-refractivity contribution >= 4 is 17.4 Å². The van der Waals surface area contributed by atoms with Gasteiger partial charge in [0.1, 0.15) is 18.9 Å². The fraction of sp³-hybridized carbons (Fsp3) is 0.273. The van der Waals surface area contributed by atoms with Gasteiger partial charge in [-0.05, 0) is 62.4 Å². The Morgan fingerprint density at radius 1 is 1.15 bits per heavy atom. The van der Waals surface area contributed by atoms with Crippen LogP contribution in [0, 0.1) is 0 Å². The van der Waals surface area contributed by atoms with E-state index in [1.54, 1.807) is 30.3 Å². The number of ether oxygens (including phenoxy) is 1. The second-order valence-corrected chi connectivity index (χ2v) is 6.61. The topological polar surface area (TPSA) is 59.8 Å². The molecule has 0 bridgehead atoms. The van der Waals surface area contributed by atoms with Gasteiger partial charge >= 0.3 is 0 Å². The SMILES string of the molecule is C=CCOc1ccc(C[NH+](C)[C@@H](C)C(=O)Nc2ccc(C(C)=O)cc2)cc1. The highest BCUT2D eigenvalue weighted by molar-refractivity contribution is 5.96. The van der Waals surface area contributed by atoms with E-state index in [-0.39, 0.29) is 17.7 Å². The fourth-order valence-electron chi connectivity index (χ4n) is 2.60. The lowest BCUT2D eigenvalue weighted by molar-refractivity contribution is -0.907. The summed E-state index contributed by atoms with van der Waals surface area (Å²) in [7, 11) is 1.99. The summed E-state index contributed by atoms with van der Waals surface area (Å²) in [5.41, 5.74) is 2.45. The van der Waals surface area contributed by atoms with Crippen molar-refractivity contribution in [2.24, 2.45) is 0 Å². The molecule has 1 amide bonds. The van der Waals surface area contributed by atoms with Crippen LogP contribution in [0.1, 0.15) is 29.8 Å². The maximum atomic E-state index is 12.5. The zero-order chi connectivity index (χ0) is 19.8. The van der Waals surface area contributed by atoms with Crippen molar-refractivity contribution in [3.05, 3.63) is 72.3 Å². The highest BCUT2D eigenvalue weighted by Crippen LogP contribution is 2.12. The third-order valence-corrected chi connectivity index (χ3v) is 4.47. The number of carbonyl (C=O) groups is 2. The van der Waals surface area contributed by atoms with Crippen LogP contribution < -0.4 is 15.0 Å². The maximum absolute atomic E-state index is 12.5. The van der Waals surface area contributed by atoms with Gasteiger partial charge in [0.2, 0.25) is 0 Å². The van der Waals surface area contributed by atoms with E-state index in [4.69, 9.17) is 4.74 Å². The largest absolute Gasteiger partial charge is 0.490 e. The third-order valence-electron chi connectivity index (χ3n) is 4.47. The summed E-state index contributed by atoms with van der Waals surface area (Å²) >= 11 is 0. The van der Waals surface area contributed by atoms with E-state index in [1.165, 1.54) is 6.92 Å². The molecule has 2 N–H and O–H groups in total. The highest BCUT2D eigenvalue weighted by atomic mass is 16.5. The monoisotopic (exact) mass is 367 g/mol. The molecule has 1 unspecified atom stereocenters. The molecule has 0 radical (unpaired) electrons. The second kappa shape index (κ2) is 9.69. The average molecular weight is 367 g/mol. The number of benzene rings is 2. The smallest absolute Gasteiger partial charge is 0.282 e. The molecule has 142 valence electrons. The van der Waals surface area contributed by atoms with E-state index in [9.17, 15) is 9.59 Å². The summed E-state index contributed by atoms with van der Waals surface area (Å²) in [5, 5.41) is 2.91. The quantitative estimate of drug-likeness (QED) is 0.529. The summed E-state index contributed by atoms with van der Waals surface area (Å²) in [5.74, 6) is 0.747. The van der Waals surface area contributed by atoms with Crippen molar-refractivity contribution in [3.8, 4) is 5.75 Å². The summed E-state index contributed by atoms with van der Waals surface area (Å²) in [6.45, 7) is 8.25. The molecule has 2 aromatic rings. The zero-order valence-electron chi connectivity index (χ0n) is 16.1. The van der Waals surface area contributed by atoms with Crippen molar-refractivity contribution in [2.45, 2.75) is 26.4 Å². The van der Waals surface area contributed by atoms with Crippen LogP contribution in [0.25, 0.3) is 0 Å². The zero-order valence-corrected chi connectivity index (χ0v) is 16.1. The van der Waals surface area contributed by atoms with Crippen LogP contribution in [0.15, 0.2) is 61.2 Å². The first-order chi connectivity index (χ1) is 12.9. The van der Waals surface area contributed by atoms with E-state index in [0.29, 0.717) is 17.9 Å². The number of likely N-dealkylation sites (N-methyl/N-ethyl adjacent to an activating group) is 1. The van der Waals surface area contributed by atoms with Crippen LogP contribution in [0.4, 0.5) is 5.69 Å². The van der Waals surface area contributed by atoms with Gasteiger partial charge in [-0.15, -0.1) is 0 Å². The first-order valence-corrected chi connectivity index (χ1v) is 8.97. The maximum Gasteiger partial charge on any atom is 0.282 e. The minimum Gasteiger partial charge on any atom is -0.490 e. The number of hydrogen-bond donors (Lipinski definition) is 2. The Balaban J connectivity index is 1.91. The number of rotatable bonds is 9. The minimum atomic E-state index is -0.228. The molecule has 5 heteroatoms. The van der Waals surface area contributed by atoms with Crippen molar-refractivity contribution in [1.82, 2.24) is 0 Å². The lowest BCUT2D eigenvalue weighted by Crippen LogP contribution is -3.12. The molecule has 2 aromatic carbocycles. The summed E-state index contributed by atoms with van der Waals surface area (Å²) in [4.78, 5) is 24.9. The van der Waals surface area contributed by atoms with Crippen molar-refractivity contribution < 1.29 is 19.2 Å². The molecule has 0 heterocycles. The number of quaternary nitrogens is 1. The molecular formula is C22H27N2O3+. The molecule has 0 aromatic heterocycles. The standard InChI is InChI=1S/C22H26N2O3/c1-5-14-27-21-12-6-18(7-13-21)15-24(4)16(2)22(26)23-20-10-8-19(9-11-20)17(3)25/h5-13,16H,1,14-15H2,2-4H3,(H,23,26)/p+1/t16-/m0/s1. The van der Waals surface area contributed by atoms with Crippen LogP contribution >= 0.6 is 0 Å². The van der Waals surface area contributed by atoms with E-state index in [1.807, 2.05) is 38.2 Å². The number of Topliss-reactive ketones (excluding diaryl/α,β-unsaturated/α-hetero) is 1. The van der Waals surface area contributed by atoms with Crippen LogP contribution in [-0.4, -0.2) is 31.4 Å². The van der Waals surface area contributed by atoms with Crippen molar-refractivity contribution in [1.29, 1.82) is 0 Å². The second-order valence-electron chi connectivity index (χ2n) is 6.61. The van der Waals surface area contributed by atoms with Gasteiger partial charge in [0, 0.05) is 16.8 Å². The highest BCUT2D eigenvalue weighted by Gasteiger charge is 2.22. The molecular weight excluding hydrogens is 340 g/mol. The molecule has 5 nitrogen and oxygen atoms in total. The van der Waals surface area contributed by atoms with Gasteiger partial charge < -0.3 is 15.0 Å². The lowest BCUT2D eigenvalue weighted by Gasteiger charge is -2.21. The number of hydrogen-bond acceptors (Lipinski definition) is 3. The van der Waals surface area contributed by atoms with Gasteiger partial charge in [-0.3, -0.25) is 9.59 Å². The summed E-state index contributed by atoms with van der Waals surface area (Å²) < 4.78 is 5.48. The van der Waals surface area contributed by atoms with Crippen molar-refractivity contribution in [3.63, 3.8) is 0 Å². The minimum absolute atomic E-state index is 0.00586. The summed E-state index contributed by atoms with van der Waals surface area (Å²) in [6.07, 6.45) is 1.71. The molecule has 0 aliphatic carbocycles. The molecule has 0 saturated carbocycles. The number of ketones is 1. The van der Waals surface area contributed by atoms with E-state index in [2.05, 4.69) is 11.9 Å². The number of amides is 1. The van der Waals surface area contributed by atoms with Gasteiger partial charge in [0.05, 0.1) is 7.05 Å². The Bertz CT molecular complexity index is 782. The Kier molecular flexibility index (Phi) is 7.32. The molecule has 2 atom stereocenters. The Hall–Kier alpha value is -2.92. The van der Waals surface area contributed by atoms with Crippen LogP contribution in [-0.2, 0) is 11.3 Å². The lowest BCUT2D eigenvalue weighted by atomic mass is 10.1. The molecule has 0 aliphatic rings. The normalized spacial score (nSPS) is 12.7.